The summed E-state index contributed by atoms with van der Waals surface area (Å²) in [6, 6.07) is 13.8. The van der Waals surface area contributed by atoms with Crippen LogP contribution in [0, 0.1) is 0 Å². The number of aromatic nitrogens is 4. The number of fused-ring (bicyclic) bond motifs is 1. The van der Waals surface area contributed by atoms with Crippen molar-refractivity contribution in [3.63, 3.8) is 0 Å². The van der Waals surface area contributed by atoms with Crippen LogP contribution < -0.4 is 29.0 Å². The Kier molecular flexibility index (Phi) is 7.15. The van der Waals surface area contributed by atoms with Crippen LogP contribution in [0.1, 0.15) is 10.4 Å². The summed E-state index contributed by atoms with van der Waals surface area (Å²) in [5, 5.41) is 15.7. The molecule has 0 radical (unpaired) electrons. The van der Waals surface area contributed by atoms with Crippen molar-refractivity contribution in [2.24, 2.45) is 0 Å². The van der Waals surface area contributed by atoms with Crippen molar-refractivity contribution in [3.05, 3.63) is 54.1 Å². The highest BCUT2D eigenvalue weighted by molar-refractivity contribution is 5.94. The van der Waals surface area contributed by atoms with Crippen molar-refractivity contribution in [1.29, 1.82) is 0 Å². The number of carbonyl (C=O) groups is 1. The summed E-state index contributed by atoms with van der Waals surface area (Å²) in [6.07, 6.45) is 0. The minimum Gasteiger partial charge on any atom is -0.493 e. The van der Waals surface area contributed by atoms with E-state index in [0.717, 1.165) is 5.56 Å². The Morgan fingerprint density at radius 1 is 0.829 bits per heavy atom. The number of hydrogen-bond acceptors (Lipinski definition) is 9. The number of nitrogens with one attached hydrogen (secondary N) is 1. The van der Waals surface area contributed by atoms with Crippen LogP contribution in [0.4, 0.5) is 0 Å². The molecule has 4 aromatic rings. The smallest absolute Gasteiger partial charge is 0.251 e. The van der Waals surface area contributed by atoms with Gasteiger partial charge in [0.15, 0.2) is 34.5 Å². The SMILES string of the molecule is COc1ccc(C(=O)NCCOc2ccc3nnc(-c4ccc(OC)c(OC)c4)n3n2)cc1OC. The molecular weight excluding hydrogens is 454 g/mol. The molecule has 35 heavy (non-hydrogen) atoms. The van der Waals surface area contributed by atoms with E-state index in [0.29, 0.717) is 45.9 Å². The number of methoxy groups -OCH3 is 4. The van der Waals surface area contributed by atoms with Gasteiger partial charge in [-0.25, -0.2) is 0 Å². The number of hydrogen-bond donors (Lipinski definition) is 1. The molecule has 0 aliphatic rings. The Hall–Kier alpha value is -4.54. The summed E-state index contributed by atoms with van der Waals surface area (Å²) >= 11 is 0. The lowest BCUT2D eigenvalue weighted by Gasteiger charge is -2.11. The number of benzene rings is 2. The van der Waals surface area contributed by atoms with Crippen molar-refractivity contribution in [2.45, 2.75) is 0 Å². The summed E-state index contributed by atoms with van der Waals surface area (Å²) in [5.41, 5.74) is 1.76. The highest BCUT2D eigenvalue weighted by atomic mass is 16.5. The Balaban J connectivity index is 1.41. The lowest BCUT2D eigenvalue weighted by atomic mass is 10.2. The molecular formula is C24H25N5O6. The standard InChI is InChI=1S/C24H25N5O6/c1-31-17-7-5-15(13-19(17)33-3)23-27-26-21-9-10-22(28-29(21)23)35-12-11-25-24(30)16-6-8-18(32-2)20(14-16)34-4/h5-10,13-14H,11-12H2,1-4H3,(H,25,30). The number of ether oxygens (including phenoxy) is 5. The van der Waals surface area contributed by atoms with Gasteiger partial charge in [0.1, 0.15) is 6.61 Å². The normalized spacial score (nSPS) is 10.6. The molecule has 0 aliphatic heterocycles. The lowest BCUT2D eigenvalue weighted by Crippen LogP contribution is -2.28. The monoisotopic (exact) mass is 479 g/mol. The molecule has 1 N–H and O–H groups in total. The highest BCUT2D eigenvalue weighted by Gasteiger charge is 2.14. The van der Waals surface area contributed by atoms with Gasteiger partial charge in [-0.1, -0.05) is 0 Å². The molecule has 0 unspecified atom stereocenters. The fourth-order valence-corrected chi connectivity index (χ4v) is 3.40. The zero-order valence-electron chi connectivity index (χ0n) is 19.8. The third-order valence-corrected chi connectivity index (χ3v) is 5.16. The number of rotatable bonds is 10. The molecule has 182 valence electrons. The van der Waals surface area contributed by atoms with Crippen molar-refractivity contribution in [2.75, 3.05) is 41.6 Å². The van der Waals surface area contributed by atoms with Crippen LogP contribution in [0.5, 0.6) is 28.9 Å². The van der Waals surface area contributed by atoms with Gasteiger partial charge in [-0.2, -0.15) is 4.52 Å². The van der Waals surface area contributed by atoms with E-state index in [1.165, 1.54) is 14.2 Å². The topological polar surface area (TPSA) is 118 Å². The minimum absolute atomic E-state index is 0.214. The van der Waals surface area contributed by atoms with E-state index in [1.54, 1.807) is 61.2 Å². The van der Waals surface area contributed by atoms with Crippen LogP contribution in [0.15, 0.2) is 48.5 Å². The maximum absolute atomic E-state index is 12.4. The van der Waals surface area contributed by atoms with Gasteiger partial charge < -0.3 is 29.0 Å². The lowest BCUT2D eigenvalue weighted by molar-refractivity contribution is 0.0946. The summed E-state index contributed by atoms with van der Waals surface area (Å²) < 4.78 is 28.4. The van der Waals surface area contributed by atoms with Gasteiger partial charge >= 0.3 is 0 Å². The summed E-state index contributed by atoms with van der Waals surface area (Å²) in [7, 11) is 6.20. The molecule has 0 bridgehead atoms. The second-order valence-corrected chi connectivity index (χ2v) is 7.21. The van der Waals surface area contributed by atoms with Gasteiger partial charge in [0.05, 0.1) is 35.0 Å². The Bertz CT molecular complexity index is 1340. The van der Waals surface area contributed by atoms with E-state index in [9.17, 15) is 4.79 Å². The first-order chi connectivity index (χ1) is 17.1. The van der Waals surface area contributed by atoms with Gasteiger partial charge in [-0.15, -0.1) is 15.3 Å². The number of carbonyl (C=O) groups excluding carboxylic acids is 1. The molecule has 2 aromatic carbocycles. The van der Waals surface area contributed by atoms with Crippen molar-refractivity contribution < 1.29 is 28.5 Å². The third kappa shape index (κ3) is 5.03. The third-order valence-electron chi connectivity index (χ3n) is 5.16. The Morgan fingerprint density at radius 3 is 2.23 bits per heavy atom. The summed E-state index contributed by atoms with van der Waals surface area (Å²) in [4.78, 5) is 12.4. The van der Waals surface area contributed by atoms with Gasteiger partial charge in [-0.05, 0) is 42.5 Å². The molecule has 11 heteroatoms. The van der Waals surface area contributed by atoms with Crippen LogP contribution in [0.25, 0.3) is 17.0 Å². The van der Waals surface area contributed by atoms with Crippen molar-refractivity contribution >= 4 is 11.6 Å². The molecule has 0 spiro atoms. The van der Waals surface area contributed by atoms with Crippen LogP contribution in [-0.2, 0) is 0 Å². The van der Waals surface area contributed by atoms with E-state index in [2.05, 4.69) is 20.6 Å². The largest absolute Gasteiger partial charge is 0.493 e. The summed E-state index contributed by atoms with van der Waals surface area (Å²) in [6.45, 7) is 0.489. The molecule has 0 fully saturated rings. The van der Waals surface area contributed by atoms with Crippen LogP contribution in [-0.4, -0.2) is 67.3 Å². The minimum atomic E-state index is -0.257. The second kappa shape index (κ2) is 10.6. The fraction of sp³-hybridized carbons (Fsp3) is 0.250. The highest BCUT2D eigenvalue weighted by Crippen LogP contribution is 2.32. The first-order valence-corrected chi connectivity index (χ1v) is 10.7. The van der Waals surface area contributed by atoms with E-state index in [4.69, 9.17) is 23.7 Å². The first-order valence-electron chi connectivity index (χ1n) is 10.7. The average molecular weight is 479 g/mol. The average Bonchev–Trinajstić information content (AvgIpc) is 3.33. The molecule has 11 nitrogen and oxygen atoms in total. The predicted molar refractivity (Wildman–Crippen MR) is 127 cm³/mol. The second-order valence-electron chi connectivity index (χ2n) is 7.21. The van der Waals surface area contributed by atoms with Crippen LogP contribution in [0.3, 0.4) is 0 Å². The first kappa shape index (κ1) is 23.6. The maximum Gasteiger partial charge on any atom is 0.251 e. The van der Waals surface area contributed by atoms with Gasteiger partial charge in [0.2, 0.25) is 5.88 Å². The molecule has 0 saturated carbocycles. The van der Waals surface area contributed by atoms with E-state index >= 15 is 0 Å². The molecule has 4 rings (SSSR count). The summed E-state index contributed by atoms with van der Waals surface area (Å²) in [5.74, 6) is 2.83. The molecule has 0 aliphatic carbocycles. The maximum atomic E-state index is 12.4. The van der Waals surface area contributed by atoms with Crippen LogP contribution >= 0.6 is 0 Å². The number of amides is 1. The van der Waals surface area contributed by atoms with Crippen molar-refractivity contribution in [1.82, 2.24) is 25.1 Å². The van der Waals surface area contributed by atoms with E-state index in [-0.39, 0.29) is 19.1 Å². The Morgan fingerprint density at radius 2 is 1.51 bits per heavy atom. The molecule has 0 atom stereocenters. The molecule has 2 heterocycles. The van der Waals surface area contributed by atoms with Crippen LogP contribution in [0.2, 0.25) is 0 Å². The molecule has 1 amide bonds. The predicted octanol–water partition coefficient (Wildman–Crippen LogP) is 2.63. The van der Waals surface area contributed by atoms with Gasteiger partial charge in [0, 0.05) is 17.2 Å². The molecule has 0 saturated heterocycles. The molecule has 2 aromatic heterocycles. The van der Waals surface area contributed by atoms with Crippen molar-refractivity contribution in [3.8, 4) is 40.3 Å². The Labute approximate surface area is 201 Å². The quantitative estimate of drug-likeness (QED) is 0.342. The van der Waals surface area contributed by atoms with E-state index < -0.39 is 0 Å². The number of nitrogens with zero attached hydrogens (tertiary/aromatic N) is 4. The van der Waals surface area contributed by atoms with Gasteiger partial charge in [0.25, 0.3) is 5.91 Å². The zero-order valence-corrected chi connectivity index (χ0v) is 19.8. The fourth-order valence-electron chi connectivity index (χ4n) is 3.40. The van der Waals surface area contributed by atoms with Gasteiger partial charge in [-0.3, -0.25) is 4.79 Å². The van der Waals surface area contributed by atoms with E-state index in [1.807, 2.05) is 6.07 Å². The zero-order chi connectivity index (χ0) is 24.8.